The molecule has 0 aliphatic carbocycles. The Kier molecular flexibility index (Phi) is 5.13. The van der Waals surface area contributed by atoms with Crippen LogP contribution in [0.15, 0.2) is 39.3 Å². The molecular formula is C15H14Br2ClNO. The van der Waals surface area contributed by atoms with Gasteiger partial charge in [0.25, 0.3) is 0 Å². The third-order valence-electron chi connectivity index (χ3n) is 3.07. The molecule has 0 heterocycles. The van der Waals surface area contributed by atoms with Crippen molar-refractivity contribution in [2.45, 2.75) is 13.0 Å². The Morgan fingerprint density at radius 1 is 1.10 bits per heavy atom. The van der Waals surface area contributed by atoms with E-state index in [9.17, 15) is 0 Å². The molecule has 2 nitrogen and oxygen atoms in total. The number of rotatable bonds is 3. The summed E-state index contributed by atoms with van der Waals surface area (Å²) >= 11 is 13.1. The summed E-state index contributed by atoms with van der Waals surface area (Å²) in [4.78, 5) is 0. The van der Waals surface area contributed by atoms with Gasteiger partial charge in [-0.25, -0.2) is 0 Å². The Labute approximate surface area is 140 Å². The molecule has 0 fully saturated rings. The zero-order chi connectivity index (χ0) is 14.9. The molecule has 2 N–H and O–H groups in total. The van der Waals surface area contributed by atoms with E-state index in [1.165, 1.54) is 5.56 Å². The second kappa shape index (κ2) is 6.48. The number of hydrogen-bond donors (Lipinski definition) is 1. The van der Waals surface area contributed by atoms with E-state index < -0.39 is 0 Å². The lowest BCUT2D eigenvalue weighted by Gasteiger charge is -2.19. The van der Waals surface area contributed by atoms with Gasteiger partial charge >= 0.3 is 0 Å². The summed E-state index contributed by atoms with van der Waals surface area (Å²) in [5.41, 5.74) is 9.40. The fourth-order valence-electron chi connectivity index (χ4n) is 2.08. The normalized spacial score (nSPS) is 12.3. The van der Waals surface area contributed by atoms with Crippen molar-refractivity contribution in [2.75, 3.05) is 7.11 Å². The number of halogens is 3. The van der Waals surface area contributed by atoms with E-state index >= 15 is 0 Å². The van der Waals surface area contributed by atoms with Gasteiger partial charge in [0.05, 0.1) is 17.6 Å². The van der Waals surface area contributed by atoms with Crippen molar-refractivity contribution >= 4 is 43.5 Å². The highest BCUT2D eigenvalue weighted by atomic mass is 79.9. The lowest BCUT2D eigenvalue weighted by molar-refractivity contribution is 0.405. The van der Waals surface area contributed by atoms with Crippen LogP contribution in [0.2, 0.25) is 5.02 Å². The van der Waals surface area contributed by atoms with E-state index in [1.807, 2.05) is 31.2 Å². The molecule has 2 rings (SSSR count). The molecule has 20 heavy (non-hydrogen) atoms. The highest BCUT2D eigenvalue weighted by Crippen LogP contribution is 2.38. The van der Waals surface area contributed by atoms with Crippen molar-refractivity contribution in [3.8, 4) is 5.75 Å². The standard InChI is InChI=1S/C15H14Br2ClNO/c1-8-3-4-10(12(16)5-8)14(19)11-6-9(18)7-13(17)15(11)20-2/h3-7,14H,19H2,1-2H3. The Balaban J connectivity index is 2.55. The molecule has 2 aromatic carbocycles. The molecule has 1 unspecified atom stereocenters. The average Bonchev–Trinajstić information content (AvgIpc) is 2.37. The molecule has 0 saturated carbocycles. The highest BCUT2D eigenvalue weighted by molar-refractivity contribution is 9.10. The first kappa shape index (κ1) is 15.8. The third kappa shape index (κ3) is 3.19. The minimum atomic E-state index is -0.324. The minimum absolute atomic E-state index is 0.324. The zero-order valence-corrected chi connectivity index (χ0v) is 15.0. The van der Waals surface area contributed by atoms with Gasteiger partial charge in [0, 0.05) is 15.1 Å². The maximum Gasteiger partial charge on any atom is 0.138 e. The van der Waals surface area contributed by atoms with Crippen LogP contribution >= 0.6 is 43.5 Å². The molecule has 0 bridgehead atoms. The van der Waals surface area contributed by atoms with E-state index in [2.05, 4.69) is 31.9 Å². The van der Waals surface area contributed by atoms with Gasteiger partial charge in [0.2, 0.25) is 0 Å². The molecule has 0 aromatic heterocycles. The van der Waals surface area contributed by atoms with Crippen molar-refractivity contribution in [3.63, 3.8) is 0 Å². The molecule has 5 heteroatoms. The number of methoxy groups -OCH3 is 1. The summed E-state index contributed by atoms with van der Waals surface area (Å²) in [6, 6.07) is 9.39. The maximum absolute atomic E-state index is 6.39. The van der Waals surface area contributed by atoms with Crippen molar-refractivity contribution < 1.29 is 4.74 Å². The predicted molar refractivity (Wildman–Crippen MR) is 90.6 cm³/mol. The van der Waals surface area contributed by atoms with Crippen LogP contribution in [-0.2, 0) is 0 Å². The predicted octanol–water partition coefficient (Wildman–Crippen LogP) is 5.23. The van der Waals surface area contributed by atoms with Gasteiger partial charge in [-0.3, -0.25) is 0 Å². The fourth-order valence-corrected chi connectivity index (χ4v) is 3.81. The molecule has 2 aromatic rings. The molecule has 0 amide bonds. The van der Waals surface area contributed by atoms with Crippen molar-refractivity contribution in [1.29, 1.82) is 0 Å². The monoisotopic (exact) mass is 417 g/mol. The van der Waals surface area contributed by atoms with Crippen LogP contribution in [-0.4, -0.2) is 7.11 Å². The first-order chi connectivity index (χ1) is 9.43. The average molecular weight is 420 g/mol. The molecule has 106 valence electrons. The Hall–Kier alpha value is -0.550. The van der Waals surface area contributed by atoms with Crippen LogP contribution in [0.5, 0.6) is 5.75 Å². The molecule has 0 spiro atoms. The Morgan fingerprint density at radius 3 is 2.40 bits per heavy atom. The van der Waals surface area contributed by atoms with Gasteiger partial charge in [-0.15, -0.1) is 0 Å². The second-order valence-corrected chi connectivity index (χ2v) is 6.66. The number of nitrogens with two attached hydrogens (primary N) is 1. The lowest BCUT2D eigenvalue weighted by Crippen LogP contribution is -2.14. The molecular weight excluding hydrogens is 405 g/mol. The van der Waals surface area contributed by atoms with Crippen LogP contribution in [0.4, 0.5) is 0 Å². The van der Waals surface area contributed by atoms with Gasteiger partial charge < -0.3 is 10.5 Å². The largest absolute Gasteiger partial charge is 0.495 e. The minimum Gasteiger partial charge on any atom is -0.495 e. The summed E-state index contributed by atoms with van der Waals surface area (Å²) in [6.45, 7) is 2.04. The topological polar surface area (TPSA) is 35.2 Å². The van der Waals surface area contributed by atoms with E-state index in [-0.39, 0.29) is 6.04 Å². The van der Waals surface area contributed by atoms with Gasteiger partial charge in [0.1, 0.15) is 5.75 Å². The van der Waals surface area contributed by atoms with Gasteiger partial charge in [-0.1, -0.05) is 39.7 Å². The Morgan fingerprint density at radius 2 is 1.80 bits per heavy atom. The number of aryl methyl sites for hydroxylation is 1. The van der Waals surface area contributed by atoms with E-state index in [0.29, 0.717) is 10.8 Å². The van der Waals surface area contributed by atoms with Crippen LogP contribution in [0.25, 0.3) is 0 Å². The number of ether oxygens (including phenoxy) is 1. The van der Waals surface area contributed by atoms with E-state index in [1.54, 1.807) is 13.2 Å². The van der Waals surface area contributed by atoms with Crippen molar-refractivity contribution in [3.05, 3.63) is 61.0 Å². The molecule has 0 radical (unpaired) electrons. The van der Waals surface area contributed by atoms with Gasteiger partial charge in [-0.2, -0.15) is 0 Å². The summed E-state index contributed by atoms with van der Waals surface area (Å²) in [5.74, 6) is 0.703. The Bertz CT molecular complexity index is 646. The SMILES string of the molecule is COc1c(Br)cc(Cl)cc1C(N)c1ccc(C)cc1Br. The van der Waals surface area contributed by atoms with Crippen LogP contribution in [0, 0.1) is 6.92 Å². The third-order valence-corrected chi connectivity index (χ3v) is 4.56. The molecule has 1 atom stereocenters. The summed E-state index contributed by atoms with van der Waals surface area (Å²) in [6.07, 6.45) is 0. The van der Waals surface area contributed by atoms with E-state index in [0.717, 1.165) is 20.1 Å². The van der Waals surface area contributed by atoms with Gasteiger partial charge in [-0.05, 0) is 52.2 Å². The summed E-state index contributed by atoms with van der Waals surface area (Å²) in [7, 11) is 1.62. The van der Waals surface area contributed by atoms with Crippen molar-refractivity contribution in [1.82, 2.24) is 0 Å². The quantitative estimate of drug-likeness (QED) is 0.739. The van der Waals surface area contributed by atoms with Crippen LogP contribution < -0.4 is 10.5 Å². The number of hydrogen-bond acceptors (Lipinski definition) is 2. The molecule has 0 aliphatic heterocycles. The summed E-state index contributed by atoms with van der Waals surface area (Å²) in [5, 5.41) is 0.617. The number of benzene rings is 2. The highest BCUT2D eigenvalue weighted by Gasteiger charge is 2.19. The van der Waals surface area contributed by atoms with Gasteiger partial charge in [0.15, 0.2) is 0 Å². The van der Waals surface area contributed by atoms with E-state index in [4.69, 9.17) is 22.1 Å². The molecule has 0 saturated heterocycles. The summed E-state index contributed by atoms with van der Waals surface area (Å²) < 4.78 is 7.20. The zero-order valence-electron chi connectivity index (χ0n) is 11.1. The van der Waals surface area contributed by atoms with Crippen LogP contribution in [0.1, 0.15) is 22.7 Å². The second-order valence-electron chi connectivity index (χ2n) is 4.51. The first-order valence-corrected chi connectivity index (χ1v) is 7.95. The lowest BCUT2D eigenvalue weighted by atomic mass is 9.98. The smallest absolute Gasteiger partial charge is 0.138 e. The fraction of sp³-hybridized carbons (Fsp3) is 0.200. The first-order valence-electron chi connectivity index (χ1n) is 5.98. The maximum atomic E-state index is 6.39. The van der Waals surface area contributed by atoms with Crippen molar-refractivity contribution in [2.24, 2.45) is 5.73 Å². The molecule has 0 aliphatic rings. The van der Waals surface area contributed by atoms with Crippen LogP contribution in [0.3, 0.4) is 0 Å².